The van der Waals surface area contributed by atoms with E-state index in [4.69, 9.17) is 28.9 Å². The number of nitrogens with one attached hydrogen (secondary N) is 2. The highest BCUT2D eigenvalue weighted by molar-refractivity contribution is 8.00. The Balaban J connectivity index is 1.71. The van der Waals surface area contributed by atoms with Gasteiger partial charge in [0.1, 0.15) is 16.9 Å². The van der Waals surface area contributed by atoms with E-state index in [1.54, 1.807) is 42.5 Å². The highest BCUT2D eigenvalue weighted by Crippen LogP contribution is 2.30. The van der Waals surface area contributed by atoms with E-state index in [0.29, 0.717) is 16.4 Å². The zero-order valence-electron chi connectivity index (χ0n) is 15.9. The number of thioether (sulfide) groups is 1. The van der Waals surface area contributed by atoms with Crippen LogP contribution in [-0.2, 0) is 4.79 Å². The molecule has 156 valence electrons. The largest absolute Gasteiger partial charge is 0.383 e. The Bertz CT molecular complexity index is 1180. The van der Waals surface area contributed by atoms with Gasteiger partial charge in [-0.25, -0.2) is 4.98 Å². The Kier molecular flexibility index (Phi) is 7.36. The molecule has 0 saturated carbocycles. The van der Waals surface area contributed by atoms with Crippen molar-refractivity contribution in [1.29, 1.82) is 5.26 Å². The van der Waals surface area contributed by atoms with Gasteiger partial charge < -0.3 is 16.4 Å². The van der Waals surface area contributed by atoms with Crippen molar-refractivity contribution < 1.29 is 9.59 Å². The molecule has 1 aromatic heterocycles. The number of carbonyl (C=O) groups is 2. The van der Waals surface area contributed by atoms with Crippen LogP contribution < -0.4 is 16.4 Å². The summed E-state index contributed by atoms with van der Waals surface area (Å²) >= 11 is 13.0. The molecule has 0 unspecified atom stereocenters. The maximum Gasteiger partial charge on any atom is 0.259 e. The first kappa shape index (κ1) is 22.4. The highest BCUT2D eigenvalue weighted by Gasteiger charge is 2.17. The van der Waals surface area contributed by atoms with Crippen molar-refractivity contribution in [3.05, 3.63) is 75.8 Å². The van der Waals surface area contributed by atoms with Gasteiger partial charge in [-0.15, -0.1) is 0 Å². The summed E-state index contributed by atoms with van der Waals surface area (Å²) in [7, 11) is 0. The van der Waals surface area contributed by atoms with Crippen LogP contribution in [0.3, 0.4) is 0 Å². The summed E-state index contributed by atoms with van der Waals surface area (Å²) in [5.74, 6) is -0.963. The minimum Gasteiger partial charge on any atom is -0.383 e. The average Bonchev–Trinajstić information content (AvgIpc) is 2.76. The lowest BCUT2D eigenvalue weighted by molar-refractivity contribution is -0.113. The Morgan fingerprint density at radius 3 is 2.55 bits per heavy atom. The lowest BCUT2D eigenvalue weighted by Gasteiger charge is -2.11. The number of hydrogen-bond acceptors (Lipinski definition) is 6. The van der Waals surface area contributed by atoms with Gasteiger partial charge in [0.05, 0.1) is 32.6 Å². The van der Waals surface area contributed by atoms with Crippen molar-refractivity contribution >= 4 is 64.0 Å². The smallest absolute Gasteiger partial charge is 0.259 e. The number of para-hydroxylation sites is 1. The number of nitrogen functional groups attached to an aromatic ring is 1. The van der Waals surface area contributed by atoms with Crippen LogP contribution in [0, 0.1) is 11.3 Å². The van der Waals surface area contributed by atoms with Gasteiger partial charge in [0, 0.05) is 5.69 Å². The quantitative estimate of drug-likeness (QED) is 0.442. The Morgan fingerprint density at radius 2 is 1.84 bits per heavy atom. The SMILES string of the molecule is N#Cc1cc(C(=O)Nc2ccccc2)c(N)nc1SCC(=O)Nc1cccc(Cl)c1Cl. The van der Waals surface area contributed by atoms with Crippen molar-refractivity contribution in [3.63, 3.8) is 0 Å². The topological polar surface area (TPSA) is 121 Å². The zero-order chi connectivity index (χ0) is 22.4. The number of pyridine rings is 1. The molecule has 4 N–H and O–H groups in total. The third kappa shape index (κ3) is 5.67. The summed E-state index contributed by atoms with van der Waals surface area (Å²) in [5.41, 5.74) is 7.10. The molecule has 0 aliphatic carbocycles. The standard InChI is InChI=1S/C21H15Cl2N5O2S/c22-15-7-4-8-16(18(15)23)27-17(29)11-31-21-12(10-24)9-14(19(25)28-21)20(30)26-13-5-2-1-3-6-13/h1-9H,11H2,(H2,25,28)(H,26,30)(H,27,29). The van der Waals surface area contributed by atoms with E-state index in [1.165, 1.54) is 6.07 Å². The lowest BCUT2D eigenvalue weighted by Crippen LogP contribution is -2.17. The van der Waals surface area contributed by atoms with Crippen LogP contribution in [-0.4, -0.2) is 22.6 Å². The Morgan fingerprint density at radius 1 is 1.10 bits per heavy atom. The van der Waals surface area contributed by atoms with E-state index in [2.05, 4.69) is 15.6 Å². The highest BCUT2D eigenvalue weighted by atomic mass is 35.5. The molecule has 0 aliphatic rings. The third-order valence-electron chi connectivity index (χ3n) is 3.98. The fourth-order valence-corrected chi connectivity index (χ4v) is 3.63. The fraction of sp³-hybridized carbons (Fsp3) is 0.0476. The van der Waals surface area contributed by atoms with Crippen molar-refractivity contribution in [2.75, 3.05) is 22.1 Å². The van der Waals surface area contributed by atoms with E-state index in [9.17, 15) is 14.9 Å². The van der Waals surface area contributed by atoms with Crippen LogP contribution in [0.25, 0.3) is 0 Å². The lowest BCUT2D eigenvalue weighted by atomic mass is 10.2. The normalized spacial score (nSPS) is 10.2. The summed E-state index contributed by atoms with van der Waals surface area (Å²) in [6.45, 7) is 0. The first-order valence-electron chi connectivity index (χ1n) is 8.82. The summed E-state index contributed by atoms with van der Waals surface area (Å²) in [6.07, 6.45) is 0. The van der Waals surface area contributed by atoms with Crippen LogP contribution in [0.5, 0.6) is 0 Å². The molecule has 0 spiro atoms. The predicted molar refractivity (Wildman–Crippen MR) is 124 cm³/mol. The molecule has 0 atom stereocenters. The molecular formula is C21H15Cl2N5O2S. The third-order valence-corrected chi connectivity index (χ3v) is 5.79. The zero-order valence-corrected chi connectivity index (χ0v) is 18.2. The van der Waals surface area contributed by atoms with E-state index < -0.39 is 5.91 Å². The number of halogens is 2. The van der Waals surface area contributed by atoms with Crippen LogP contribution in [0.1, 0.15) is 15.9 Å². The van der Waals surface area contributed by atoms with E-state index in [1.807, 2.05) is 12.1 Å². The monoisotopic (exact) mass is 471 g/mol. The number of hydrogen-bond donors (Lipinski definition) is 3. The van der Waals surface area contributed by atoms with Gasteiger partial charge in [-0.2, -0.15) is 5.26 Å². The van der Waals surface area contributed by atoms with E-state index in [0.717, 1.165) is 11.8 Å². The number of amides is 2. The molecule has 3 rings (SSSR count). The number of anilines is 3. The molecule has 3 aromatic rings. The molecule has 0 fully saturated rings. The molecule has 2 amide bonds. The van der Waals surface area contributed by atoms with Gasteiger partial charge in [-0.1, -0.05) is 59.2 Å². The number of nitrogens with zero attached hydrogens (tertiary/aromatic N) is 2. The van der Waals surface area contributed by atoms with Gasteiger partial charge in [0.2, 0.25) is 5.91 Å². The van der Waals surface area contributed by atoms with Crippen molar-refractivity contribution in [1.82, 2.24) is 4.98 Å². The van der Waals surface area contributed by atoms with Crippen molar-refractivity contribution in [2.45, 2.75) is 5.03 Å². The number of carbonyl (C=O) groups excluding carboxylic acids is 2. The van der Waals surface area contributed by atoms with Crippen LogP contribution >= 0.6 is 35.0 Å². The van der Waals surface area contributed by atoms with Gasteiger partial charge in [0.25, 0.3) is 5.91 Å². The molecule has 0 saturated heterocycles. The van der Waals surface area contributed by atoms with Gasteiger partial charge in [-0.05, 0) is 30.3 Å². The molecule has 31 heavy (non-hydrogen) atoms. The number of rotatable bonds is 6. The fourth-order valence-electron chi connectivity index (χ4n) is 2.52. The molecular weight excluding hydrogens is 457 g/mol. The van der Waals surface area contributed by atoms with Crippen LogP contribution in [0.4, 0.5) is 17.2 Å². The molecule has 0 radical (unpaired) electrons. The molecule has 1 heterocycles. The molecule has 0 aliphatic heterocycles. The second-order valence-electron chi connectivity index (χ2n) is 6.14. The summed E-state index contributed by atoms with van der Waals surface area (Å²) in [5, 5.41) is 15.6. The van der Waals surface area contributed by atoms with Crippen molar-refractivity contribution in [2.24, 2.45) is 0 Å². The van der Waals surface area contributed by atoms with Crippen LogP contribution in [0.2, 0.25) is 10.0 Å². The van der Waals surface area contributed by atoms with Crippen LogP contribution in [0.15, 0.2) is 59.6 Å². The van der Waals surface area contributed by atoms with E-state index in [-0.39, 0.29) is 38.7 Å². The predicted octanol–water partition coefficient (Wildman–Crippen LogP) is 4.83. The number of nitrogens with two attached hydrogens (primary N) is 1. The minimum atomic E-state index is -0.488. The maximum absolute atomic E-state index is 12.5. The number of nitriles is 1. The minimum absolute atomic E-state index is 0.0479. The summed E-state index contributed by atoms with van der Waals surface area (Å²) < 4.78 is 0. The van der Waals surface area contributed by atoms with Gasteiger partial charge >= 0.3 is 0 Å². The van der Waals surface area contributed by atoms with Crippen molar-refractivity contribution in [3.8, 4) is 6.07 Å². The van der Waals surface area contributed by atoms with Gasteiger partial charge in [0.15, 0.2) is 0 Å². The molecule has 2 aromatic carbocycles. The Labute approximate surface area is 192 Å². The van der Waals surface area contributed by atoms with E-state index >= 15 is 0 Å². The second-order valence-corrected chi connectivity index (χ2v) is 7.89. The number of benzene rings is 2. The first-order valence-corrected chi connectivity index (χ1v) is 10.6. The first-order chi connectivity index (χ1) is 14.9. The van der Waals surface area contributed by atoms with Gasteiger partial charge in [-0.3, -0.25) is 9.59 Å². The summed E-state index contributed by atoms with van der Waals surface area (Å²) in [4.78, 5) is 28.9. The molecule has 7 nitrogen and oxygen atoms in total. The second kappa shape index (κ2) is 10.2. The molecule has 10 heteroatoms. The maximum atomic E-state index is 12.5. The Hall–Kier alpha value is -3.25. The molecule has 0 bridgehead atoms. The summed E-state index contributed by atoms with van der Waals surface area (Å²) in [6, 6.07) is 17.0. The number of aromatic nitrogens is 1. The average molecular weight is 472 g/mol.